The first-order valence-corrected chi connectivity index (χ1v) is 12.1. The zero-order valence-corrected chi connectivity index (χ0v) is 22.1. The molecule has 0 spiro atoms. The highest BCUT2D eigenvalue weighted by atomic mass is 32.1. The van der Waals surface area contributed by atoms with Gasteiger partial charge in [-0.2, -0.15) is 0 Å². The minimum Gasteiger partial charge on any atom is -0.459 e. The van der Waals surface area contributed by atoms with E-state index in [0.29, 0.717) is 29.3 Å². The third-order valence-corrected chi connectivity index (χ3v) is 5.81. The number of rotatable bonds is 8. The summed E-state index contributed by atoms with van der Waals surface area (Å²) >= 11 is 5.56. The van der Waals surface area contributed by atoms with Crippen LogP contribution in [0.5, 0.6) is 0 Å². The number of carbonyl (C=O) groups excluding carboxylic acids is 2. The molecule has 2 rings (SSSR count). The molecular formula is C26H39N3O3S. The molecule has 0 unspecified atom stereocenters. The van der Waals surface area contributed by atoms with Gasteiger partial charge >= 0.3 is 5.97 Å². The number of hydrogen-bond donors (Lipinski definition) is 2. The Hall–Kier alpha value is -2.41. The van der Waals surface area contributed by atoms with Crippen molar-refractivity contribution in [3.05, 3.63) is 41.1 Å². The van der Waals surface area contributed by atoms with E-state index in [1.807, 2.05) is 56.9 Å². The Kier molecular flexibility index (Phi) is 9.06. The van der Waals surface area contributed by atoms with Crippen molar-refractivity contribution >= 4 is 34.9 Å². The summed E-state index contributed by atoms with van der Waals surface area (Å²) in [4.78, 5) is 27.5. The lowest BCUT2D eigenvalue weighted by molar-refractivity contribution is -0.143. The number of carbonyl (C=O) groups is 2. The van der Waals surface area contributed by atoms with Crippen molar-refractivity contribution in [3.63, 3.8) is 0 Å². The number of nitrogens with one attached hydrogen (secondary N) is 2. The molecule has 0 radical (unpaired) electrons. The topological polar surface area (TPSA) is 70.7 Å². The second-order valence-electron chi connectivity index (χ2n) is 10.3. The minimum atomic E-state index is -0.455. The van der Waals surface area contributed by atoms with E-state index in [2.05, 4.69) is 38.3 Å². The molecule has 6 nitrogen and oxygen atoms in total. The number of allylic oxidation sites excluding steroid dienone is 1. The van der Waals surface area contributed by atoms with Crippen LogP contribution in [-0.4, -0.2) is 34.5 Å². The average molecular weight is 474 g/mol. The largest absolute Gasteiger partial charge is 0.459 e. The third kappa shape index (κ3) is 7.56. The van der Waals surface area contributed by atoms with E-state index in [4.69, 9.17) is 17.0 Å². The second-order valence-corrected chi connectivity index (χ2v) is 10.7. The number of hydrogen-bond acceptors (Lipinski definition) is 4. The maximum Gasteiger partial charge on any atom is 0.338 e. The maximum atomic E-state index is 13.0. The van der Waals surface area contributed by atoms with Crippen molar-refractivity contribution < 1.29 is 14.3 Å². The van der Waals surface area contributed by atoms with Crippen molar-refractivity contribution in [3.8, 4) is 0 Å². The van der Waals surface area contributed by atoms with E-state index in [1.165, 1.54) is 0 Å². The molecule has 1 amide bonds. The zero-order chi connectivity index (χ0) is 24.9. The van der Waals surface area contributed by atoms with E-state index in [1.54, 1.807) is 0 Å². The molecule has 0 aromatic heterocycles. The Bertz CT molecular complexity index is 918. The predicted molar refractivity (Wildman–Crippen MR) is 138 cm³/mol. The average Bonchev–Trinajstić information content (AvgIpc) is 2.65. The van der Waals surface area contributed by atoms with Crippen LogP contribution < -0.4 is 10.6 Å². The van der Waals surface area contributed by atoms with Crippen molar-refractivity contribution in [1.29, 1.82) is 0 Å². The smallest absolute Gasteiger partial charge is 0.338 e. The highest BCUT2D eigenvalue weighted by molar-refractivity contribution is 7.80. The highest BCUT2D eigenvalue weighted by Crippen LogP contribution is 2.33. The summed E-state index contributed by atoms with van der Waals surface area (Å²) in [7, 11) is 0. The van der Waals surface area contributed by atoms with Crippen LogP contribution in [0.1, 0.15) is 79.8 Å². The number of ether oxygens (including phenoxy) is 1. The molecule has 1 aliphatic rings. The molecule has 0 saturated heterocycles. The third-order valence-electron chi connectivity index (χ3n) is 5.47. The van der Waals surface area contributed by atoms with Crippen LogP contribution in [0.15, 0.2) is 35.5 Å². The minimum absolute atomic E-state index is 0.0145. The van der Waals surface area contributed by atoms with Gasteiger partial charge in [0.25, 0.3) is 0 Å². The van der Waals surface area contributed by atoms with Gasteiger partial charge in [0.1, 0.15) is 0 Å². The van der Waals surface area contributed by atoms with Gasteiger partial charge in [0.15, 0.2) is 5.11 Å². The van der Waals surface area contributed by atoms with E-state index in [0.717, 1.165) is 17.7 Å². The maximum absolute atomic E-state index is 13.0. The van der Waals surface area contributed by atoms with Crippen LogP contribution >= 0.6 is 12.2 Å². The van der Waals surface area contributed by atoms with E-state index in [-0.39, 0.29) is 29.3 Å². The fourth-order valence-electron chi connectivity index (χ4n) is 4.40. The van der Waals surface area contributed by atoms with Crippen molar-refractivity contribution in [1.82, 2.24) is 10.2 Å². The van der Waals surface area contributed by atoms with Gasteiger partial charge in [-0.1, -0.05) is 39.8 Å². The molecule has 1 aromatic carbocycles. The van der Waals surface area contributed by atoms with Crippen LogP contribution in [0.3, 0.4) is 0 Å². The van der Waals surface area contributed by atoms with Crippen LogP contribution in [-0.2, 0) is 14.3 Å². The molecule has 0 saturated carbocycles. The lowest BCUT2D eigenvalue weighted by Crippen LogP contribution is -2.47. The lowest BCUT2D eigenvalue weighted by Gasteiger charge is -2.37. The van der Waals surface area contributed by atoms with Crippen molar-refractivity contribution in [2.75, 3.05) is 11.9 Å². The van der Waals surface area contributed by atoms with E-state index < -0.39 is 6.04 Å². The van der Waals surface area contributed by atoms with Crippen LogP contribution in [0.2, 0.25) is 0 Å². The first-order chi connectivity index (χ1) is 15.3. The molecule has 0 aliphatic carbocycles. The fourth-order valence-corrected chi connectivity index (χ4v) is 4.78. The lowest BCUT2D eigenvalue weighted by atomic mass is 9.84. The Labute approximate surface area is 204 Å². The normalized spacial score (nSPS) is 17.7. The molecule has 2 atom stereocenters. The standard InChI is InChI=1S/C26H39N3O3S/c1-9-29-18(5)22(24(31)32-16(2)3)23(28-25(29)33)19-11-10-12-20(14-19)27-21(30)13-17(4)15-26(6,7)8/h10-12,14,16-17,23H,9,13,15H2,1-8H3,(H,27,30)(H,28,33)/t17-,23-/m0/s1. The summed E-state index contributed by atoms with van der Waals surface area (Å²) in [6, 6.07) is 7.10. The molecule has 7 heteroatoms. The molecule has 1 heterocycles. The molecule has 2 N–H and O–H groups in total. The Morgan fingerprint density at radius 2 is 1.91 bits per heavy atom. The first kappa shape index (κ1) is 26.8. The second kappa shape index (κ2) is 11.1. The Morgan fingerprint density at radius 3 is 2.48 bits per heavy atom. The van der Waals surface area contributed by atoms with Gasteiger partial charge in [0.2, 0.25) is 5.91 Å². The van der Waals surface area contributed by atoms with Gasteiger partial charge in [-0.25, -0.2) is 4.79 Å². The zero-order valence-electron chi connectivity index (χ0n) is 21.2. The van der Waals surface area contributed by atoms with Crippen molar-refractivity contribution in [2.45, 2.75) is 80.4 Å². The fraction of sp³-hybridized carbons (Fsp3) is 0.577. The SMILES string of the molecule is CCN1C(=S)N[C@@H](c2cccc(NC(=O)C[C@H](C)CC(C)(C)C)c2)C(C(=O)OC(C)C)=C1C. The molecule has 182 valence electrons. The molecule has 0 bridgehead atoms. The first-order valence-electron chi connectivity index (χ1n) is 11.7. The predicted octanol–water partition coefficient (Wildman–Crippen LogP) is 5.56. The summed E-state index contributed by atoms with van der Waals surface area (Å²) in [5.74, 6) is -0.0978. The number of benzene rings is 1. The highest BCUT2D eigenvalue weighted by Gasteiger charge is 2.34. The molecule has 33 heavy (non-hydrogen) atoms. The molecule has 1 aliphatic heterocycles. The van der Waals surface area contributed by atoms with Gasteiger partial charge in [-0.05, 0) is 75.4 Å². The summed E-state index contributed by atoms with van der Waals surface area (Å²) in [6.45, 7) is 16.8. The van der Waals surface area contributed by atoms with Crippen LogP contribution in [0.25, 0.3) is 0 Å². The number of thiocarbonyl (C=S) groups is 1. The van der Waals surface area contributed by atoms with Gasteiger partial charge in [0.05, 0.1) is 17.7 Å². The Morgan fingerprint density at radius 1 is 1.24 bits per heavy atom. The summed E-state index contributed by atoms with van der Waals surface area (Å²) < 4.78 is 5.54. The van der Waals surface area contributed by atoms with Crippen LogP contribution in [0.4, 0.5) is 5.69 Å². The molecule has 1 aromatic rings. The summed E-state index contributed by atoms with van der Waals surface area (Å²) in [5, 5.41) is 6.87. The van der Waals surface area contributed by atoms with Gasteiger partial charge in [0, 0.05) is 24.4 Å². The molecular weight excluding hydrogens is 434 g/mol. The molecule has 0 fully saturated rings. The summed E-state index contributed by atoms with van der Waals surface area (Å²) in [6.07, 6.45) is 1.20. The number of esters is 1. The van der Waals surface area contributed by atoms with Crippen molar-refractivity contribution in [2.24, 2.45) is 11.3 Å². The summed E-state index contributed by atoms with van der Waals surface area (Å²) in [5.41, 5.74) is 3.02. The van der Waals surface area contributed by atoms with Gasteiger partial charge in [-0.3, -0.25) is 4.79 Å². The quantitative estimate of drug-likeness (QED) is 0.380. The monoisotopic (exact) mass is 473 g/mol. The Balaban J connectivity index is 2.29. The number of amides is 1. The van der Waals surface area contributed by atoms with Crippen LogP contribution in [0, 0.1) is 11.3 Å². The van der Waals surface area contributed by atoms with E-state index in [9.17, 15) is 9.59 Å². The van der Waals surface area contributed by atoms with Gasteiger partial charge in [-0.15, -0.1) is 0 Å². The number of nitrogens with zero attached hydrogens (tertiary/aromatic N) is 1. The van der Waals surface area contributed by atoms with Gasteiger partial charge < -0.3 is 20.3 Å². The number of anilines is 1. The van der Waals surface area contributed by atoms with E-state index >= 15 is 0 Å².